The number of benzene rings is 1. The van der Waals surface area contributed by atoms with Crippen LogP contribution in [0.4, 0.5) is 5.13 Å². The van der Waals surface area contributed by atoms with Gasteiger partial charge in [-0.3, -0.25) is 0 Å². The van der Waals surface area contributed by atoms with E-state index < -0.39 is 12.2 Å². The molecule has 0 spiro atoms. The zero-order chi connectivity index (χ0) is 14.5. The van der Waals surface area contributed by atoms with Gasteiger partial charge in [0.1, 0.15) is 6.10 Å². The van der Waals surface area contributed by atoms with Gasteiger partial charge in [0.05, 0.1) is 11.8 Å². The summed E-state index contributed by atoms with van der Waals surface area (Å²) in [6, 6.07) is 7.35. The number of hydrogen-bond acceptors (Lipinski definition) is 6. The first-order valence-electron chi connectivity index (χ1n) is 6.44. The quantitative estimate of drug-likeness (QED) is 0.646. The van der Waals surface area contributed by atoms with Gasteiger partial charge in [0, 0.05) is 10.9 Å². The van der Waals surface area contributed by atoms with E-state index in [1.165, 1.54) is 11.3 Å². The lowest BCUT2D eigenvalue weighted by Gasteiger charge is -2.18. The van der Waals surface area contributed by atoms with Crippen LogP contribution in [0.2, 0.25) is 0 Å². The van der Waals surface area contributed by atoms with Gasteiger partial charge in [0.2, 0.25) is 0 Å². The molecule has 5 N–H and O–H groups in total. The molecule has 2 atom stereocenters. The van der Waals surface area contributed by atoms with Crippen LogP contribution in [0.5, 0.6) is 0 Å². The number of hydrogen-bond donors (Lipinski definition) is 4. The first-order chi connectivity index (χ1) is 9.61. The van der Waals surface area contributed by atoms with Crippen LogP contribution in [0.15, 0.2) is 29.6 Å². The summed E-state index contributed by atoms with van der Waals surface area (Å²) in [5.74, 6) is 0. The first-order valence-corrected chi connectivity index (χ1v) is 7.32. The number of anilines is 1. The standard InChI is InChI=1S/C14H19N3O2S/c1-16-7-6-12(18)13(19)10-4-2-9(3-5-10)11-8-20-14(15)17-11/h2-5,8,12-13,16,18-19H,6-7H2,1H3,(H2,15,17). The molecule has 20 heavy (non-hydrogen) atoms. The van der Waals surface area contributed by atoms with Crippen molar-refractivity contribution < 1.29 is 10.2 Å². The SMILES string of the molecule is CNCCC(O)C(O)c1ccc(-c2csc(N)n2)cc1. The summed E-state index contributed by atoms with van der Waals surface area (Å²) >= 11 is 1.39. The van der Waals surface area contributed by atoms with Gasteiger partial charge in [-0.2, -0.15) is 0 Å². The topological polar surface area (TPSA) is 91.4 Å². The van der Waals surface area contributed by atoms with Crippen molar-refractivity contribution in [2.75, 3.05) is 19.3 Å². The highest BCUT2D eigenvalue weighted by Crippen LogP contribution is 2.26. The summed E-state index contributed by atoms with van der Waals surface area (Å²) in [6.07, 6.45) is -1.15. The van der Waals surface area contributed by atoms with E-state index in [0.29, 0.717) is 23.7 Å². The number of thiazole rings is 1. The highest BCUT2D eigenvalue weighted by atomic mass is 32.1. The average Bonchev–Trinajstić information content (AvgIpc) is 2.90. The molecule has 2 aromatic rings. The van der Waals surface area contributed by atoms with Crippen LogP contribution in [0.25, 0.3) is 11.3 Å². The molecule has 0 saturated carbocycles. The fraction of sp³-hybridized carbons (Fsp3) is 0.357. The monoisotopic (exact) mass is 293 g/mol. The van der Waals surface area contributed by atoms with E-state index in [1.54, 1.807) is 12.1 Å². The Morgan fingerprint density at radius 1 is 1.30 bits per heavy atom. The zero-order valence-electron chi connectivity index (χ0n) is 11.3. The van der Waals surface area contributed by atoms with E-state index in [1.807, 2.05) is 24.6 Å². The average molecular weight is 293 g/mol. The maximum atomic E-state index is 10.1. The molecule has 0 aliphatic carbocycles. The van der Waals surface area contributed by atoms with Crippen molar-refractivity contribution in [1.29, 1.82) is 0 Å². The third-order valence-electron chi connectivity index (χ3n) is 3.12. The predicted octanol–water partition coefficient (Wildman–Crippen LogP) is 1.40. The van der Waals surface area contributed by atoms with E-state index in [4.69, 9.17) is 5.73 Å². The van der Waals surface area contributed by atoms with E-state index in [0.717, 1.165) is 11.3 Å². The Hall–Kier alpha value is -1.47. The predicted molar refractivity (Wildman–Crippen MR) is 81.5 cm³/mol. The van der Waals surface area contributed by atoms with E-state index in [9.17, 15) is 10.2 Å². The lowest BCUT2D eigenvalue weighted by molar-refractivity contribution is 0.0140. The minimum atomic E-state index is -0.877. The molecule has 0 bridgehead atoms. The summed E-state index contributed by atoms with van der Waals surface area (Å²) < 4.78 is 0. The number of rotatable bonds is 6. The Bertz CT molecular complexity index is 542. The summed E-state index contributed by atoms with van der Waals surface area (Å²) in [4.78, 5) is 4.21. The molecular formula is C14H19N3O2S. The Morgan fingerprint density at radius 3 is 2.55 bits per heavy atom. The fourth-order valence-corrected chi connectivity index (χ4v) is 2.52. The van der Waals surface area contributed by atoms with Gasteiger partial charge in [0.15, 0.2) is 5.13 Å². The number of nitrogens with zero attached hydrogens (tertiary/aromatic N) is 1. The van der Waals surface area contributed by atoms with E-state index >= 15 is 0 Å². The normalized spacial score (nSPS) is 14.2. The maximum Gasteiger partial charge on any atom is 0.180 e. The molecule has 2 unspecified atom stereocenters. The molecule has 0 amide bonds. The number of nitrogens with two attached hydrogens (primary N) is 1. The van der Waals surface area contributed by atoms with Crippen LogP contribution < -0.4 is 11.1 Å². The summed E-state index contributed by atoms with van der Waals surface area (Å²) in [5, 5.41) is 25.3. The summed E-state index contributed by atoms with van der Waals surface area (Å²) in [5.41, 5.74) is 8.07. The molecule has 1 heterocycles. The molecule has 0 aliphatic rings. The van der Waals surface area contributed by atoms with Crippen LogP contribution in [-0.2, 0) is 0 Å². The molecule has 5 nitrogen and oxygen atoms in total. The molecule has 2 rings (SSSR count). The van der Waals surface area contributed by atoms with Gasteiger partial charge in [-0.1, -0.05) is 24.3 Å². The Balaban J connectivity index is 2.07. The van der Waals surface area contributed by atoms with Crippen LogP contribution in [0.3, 0.4) is 0 Å². The van der Waals surface area contributed by atoms with Crippen molar-refractivity contribution >= 4 is 16.5 Å². The fourth-order valence-electron chi connectivity index (χ4n) is 1.94. The van der Waals surface area contributed by atoms with Gasteiger partial charge in [-0.25, -0.2) is 4.98 Å². The van der Waals surface area contributed by atoms with Crippen molar-refractivity contribution in [2.24, 2.45) is 0 Å². The van der Waals surface area contributed by atoms with Crippen LogP contribution >= 0.6 is 11.3 Å². The van der Waals surface area contributed by atoms with E-state index in [2.05, 4.69) is 10.3 Å². The van der Waals surface area contributed by atoms with Gasteiger partial charge >= 0.3 is 0 Å². The Kier molecular flexibility index (Phi) is 5.08. The first kappa shape index (κ1) is 14.9. The number of nitrogens with one attached hydrogen (secondary N) is 1. The minimum absolute atomic E-state index is 0.502. The lowest BCUT2D eigenvalue weighted by atomic mass is 10.0. The summed E-state index contributed by atoms with van der Waals surface area (Å²) in [7, 11) is 1.81. The van der Waals surface area contributed by atoms with Gasteiger partial charge < -0.3 is 21.3 Å². The molecule has 6 heteroatoms. The van der Waals surface area contributed by atoms with Crippen molar-refractivity contribution in [1.82, 2.24) is 10.3 Å². The molecule has 0 radical (unpaired) electrons. The van der Waals surface area contributed by atoms with E-state index in [-0.39, 0.29) is 0 Å². The van der Waals surface area contributed by atoms with Crippen molar-refractivity contribution in [3.63, 3.8) is 0 Å². The second kappa shape index (κ2) is 6.81. The maximum absolute atomic E-state index is 10.1. The molecular weight excluding hydrogens is 274 g/mol. The molecule has 0 aliphatic heterocycles. The smallest absolute Gasteiger partial charge is 0.180 e. The number of aliphatic hydroxyl groups excluding tert-OH is 2. The van der Waals surface area contributed by atoms with Crippen molar-refractivity contribution in [2.45, 2.75) is 18.6 Å². The van der Waals surface area contributed by atoms with Gasteiger partial charge in [-0.05, 0) is 25.6 Å². The second-order valence-electron chi connectivity index (χ2n) is 4.60. The molecule has 1 aromatic heterocycles. The zero-order valence-corrected chi connectivity index (χ0v) is 12.1. The Labute approximate surface area is 122 Å². The molecule has 1 aromatic carbocycles. The number of aromatic nitrogens is 1. The Morgan fingerprint density at radius 2 is 2.00 bits per heavy atom. The third kappa shape index (κ3) is 3.55. The molecule has 108 valence electrons. The molecule has 0 saturated heterocycles. The largest absolute Gasteiger partial charge is 0.390 e. The van der Waals surface area contributed by atoms with Gasteiger partial charge in [-0.15, -0.1) is 11.3 Å². The highest BCUT2D eigenvalue weighted by molar-refractivity contribution is 7.13. The summed E-state index contributed by atoms with van der Waals surface area (Å²) in [6.45, 7) is 0.661. The van der Waals surface area contributed by atoms with Crippen molar-refractivity contribution in [3.8, 4) is 11.3 Å². The van der Waals surface area contributed by atoms with Crippen LogP contribution in [-0.4, -0.2) is 34.9 Å². The second-order valence-corrected chi connectivity index (χ2v) is 5.49. The van der Waals surface area contributed by atoms with Crippen molar-refractivity contribution in [3.05, 3.63) is 35.2 Å². The third-order valence-corrected chi connectivity index (χ3v) is 3.80. The van der Waals surface area contributed by atoms with Crippen LogP contribution in [0.1, 0.15) is 18.1 Å². The van der Waals surface area contributed by atoms with Crippen LogP contribution in [0, 0.1) is 0 Å². The number of aliphatic hydroxyl groups is 2. The molecule has 0 fully saturated rings. The van der Waals surface area contributed by atoms with Gasteiger partial charge in [0.25, 0.3) is 0 Å². The number of nitrogen functional groups attached to an aromatic ring is 1. The highest BCUT2D eigenvalue weighted by Gasteiger charge is 2.17. The lowest BCUT2D eigenvalue weighted by Crippen LogP contribution is -2.23. The minimum Gasteiger partial charge on any atom is -0.390 e.